The van der Waals surface area contributed by atoms with Gasteiger partial charge in [0.05, 0.1) is 12.2 Å². The number of rotatable bonds is 7. The minimum atomic E-state index is -1.03. The van der Waals surface area contributed by atoms with Gasteiger partial charge in [-0.2, -0.15) is 0 Å². The van der Waals surface area contributed by atoms with Crippen LogP contribution in [-0.2, 0) is 16.1 Å². The van der Waals surface area contributed by atoms with Crippen LogP contribution >= 0.6 is 0 Å². The van der Waals surface area contributed by atoms with Crippen LogP contribution in [0.3, 0.4) is 0 Å². The molecule has 2 fully saturated rings. The maximum atomic E-state index is 14.1. The summed E-state index contributed by atoms with van der Waals surface area (Å²) in [5.74, 6) is -0.137. The molecule has 242 valence electrons. The average molecular weight is 632 g/mol. The van der Waals surface area contributed by atoms with E-state index in [1.165, 1.54) is 42.0 Å². The van der Waals surface area contributed by atoms with Gasteiger partial charge in [-0.05, 0) is 85.2 Å². The maximum Gasteiger partial charge on any atom is 0.328 e. The van der Waals surface area contributed by atoms with Gasteiger partial charge in [-0.1, -0.05) is 68.9 Å². The highest BCUT2D eigenvalue weighted by Gasteiger charge is 2.41. The van der Waals surface area contributed by atoms with Crippen LogP contribution in [0.15, 0.2) is 72.8 Å². The van der Waals surface area contributed by atoms with Crippen molar-refractivity contribution in [2.45, 2.75) is 82.2 Å². The lowest BCUT2D eigenvalue weighted by molar-refractivity contribution is -0.131. The van der Waals surface area contributed by atoms with Gasteiger partial charge in [0, 0.05) is 33.8 Å². The number of benzene rings is 3. The van der Waals surface area contributed by atoms with E-state index in [1.807, 2.05) is 24.3 Å². The molecule has 2 amide bonds. The van der Waals surface area contributed by atoms with Gasteiger partial charge in [-0.3, -0.25) is 9.59 Å². The molecule has 3 aromatic carbocycles. The predicted octanol–water partition coefficient (Wildman–Crippen LogP) is 7.92. The van der Waals surface area contributed by atoms with E-state index in [-0.39, 0.29) is 11.8 Å². The lowest BCUT2D eigenvalue weighted by Crippen LogP contribution is -2.57. The summed E-state index contributed by atoms with van der Waals surface area (Å²) in [6, 6.07) is 21.3. The Morgan fingerprint density at radius 3 is 2.40 bits per heavy atom. The van der Waals surface area contributed by atoms with Crippen LogP contribution in [-0.4, -0.2) is 39.6 Å². The largest absolute Gasteiger partial charge is 0.491 e. The molecule has 0 saturated heterocycles. The molecule has 2 aliphatic carbocycles. The number of amides is 2. The lowest BCUT2D eigenvalue weighted by atomic mass is 9.80. The Balaban J connectivity index is 1.20. The standard InChI is InChI=1S/C39H41N3O5/c43-34(44)20-15-26-13-17-29(18-14-26)40-38(46)39(21-7-2-8-22-39)41-37(45)28-16-19-30-32(25-28)42-23-24-47-33-12-6-5-11-31(33)36(42)35(30)27-9-3-1-4-10-27/h5-6,11-20,25,27H,1-4,7-10,21-24H2,(H,40,46)(H,41,45)(H,43,44)/b20-15+. The fraction of sp³-hybridized carbons (Fsp3) is 0.359. The summed E-state index contributed by atoms with van der Waals surface area (Å²) in [4.78, 5) is 38.8. The highest BCUT2D eigenvalue weighted by molar-refractivity contribution is 6.06. The van der Waals surface area contributed by atoms with Gasteiger partial charge in [-0.15, -0.1) is 0 Å². The molecular formula is C39H41N3O5. The first-order chi connectivity index (χ1) is 22.9. The first kappa shape index (κ1) is 30.8. The van der Waals surface area contributed by atoms with E-state index in [1.54, 1.807) is 24.3 Å². The highest BCUT2D eigenvalue weighted by Crippen LogP contribution is 2.47. The third-order valence-corrected chi connectivity index (χ3v) is 10.2. The molecule has 1 aromatic heterocycles. The lowest BCUT2D eigenvalue weighted by Gasteiger charge is -2.36. The predicted molar refractivity (Wildman–Crippen MR) is 184 cm³/mol. The third kappa shape index (κ3) is 6.16. The molecule has 3 aliphatic rings. The quantitative estimate of drug-likeness (QED) is 0.180. The zero-order valence-corrected chi connectivity index (χ0v) is 26.6. The monoisotopic (exact) mass is 631 g/mol. The minimum absolute atomic E-state index is 0.231. The molecule has 7 rings (SSSR count). The number of carbonyl (C=O) groups excluding carboxylic acids is 2. The summed E-state index contributed by atoms with van der Waals surface area (Å²) in [5, 5.41) is 16.3. The van der Waals surface area contributed by atoms with Crippen molar-refractivity contribution < 1.29 is 24.2 Å². The van der Waals surface area contributed by atoms with E-state index in [0.717, 1.165) is 55.0 Å². The molecule has 47 heavy (non-hydrogen) atoms. The topological polar surface area (TPSA) is 110 Å². The van der Waals surface area contributed by atoms with Gasteiger partial charge in [-0.25, -0.2) is 4.79 Å². The second kappa shape index (κ2) is 13.1. The van der Waals surface area contributed by atoms with Gasteiger partial charge in [0.15, 0.2) is 0 Å². The normalized spacial score (nSPS) is 17.7. The number of nitrogens with one attached hydrogen (secondary N) is 2. The van der Waals surface area contributed by atoms with Crippen LogP contribution in [0.5, 0.6) is 5.75 Å². The minimum Gasteiger partial charge on any atom is -0.491 e. The molecule has 0 spiro atoms. The number of hydrogen-bond acceptors (Lipinski definition) is 4. The summed E-state index contributed by atoms with van der Waals surface area (Å²) < 4.78 is 8.55. The van der Waals surface area contributed by atoms with E-state index < -0.39 is 11.5 Å². The Morgan fingerprint density at radius 1 is 0.894 bits per heavy atom. The summed E-state index contributed by atoms with van der Waals surface area (Å²) in [6.07, 6.45) is 12.5. The van der Waals surface area contributed by atoms with E-state index in [2.05, 4.69) is 33.4 Å². The Bertz CT molecular complexity index is 1840. The number of ether oxygens (including phenoxy) is 1. The zero-order valence-electron chi connectivity index (χ0n) is 26.6. The second-order valence-electron chi connectivity index (χ2n) is 13.2. The Hall–Kier alpha value is -4.85. The van der Waals surface area contributed by atoms with E-state index >= 15 is 0 Å². The van der Waals surface area contributed by atoms with Gasteiger partial charge in [0.1, 0.15) is 17.9 Å². The molecule has 2 heterocycles. The zero-order chi connectivity index (χ0) is 32.4. The van der Waals surface area contributed by atoms with Crippen molar-refractivity contribution in [3.8, 4) is 17.0 Å². The van der Waals surface area contributed by atoms with Crippen LogP contribution in [0.2, 0.25) is 0 Å². The number of carboxylic acids is 1. The molecule has 0 bridgehead atoms. The highest BCUT2D eigenvalue weighted by atomic mass is 16.5. The van der Waals surface area contributed by atoms with Crippen LogP contribution in [0.4, 0.5) is 5.69 Å². The van der Waals surface area contributed by atoms with E-state index in [4.69, 9.17) is 9.84 Å². The van der Waals surface area contributed by atoms with Crippen molar-refractivity contribution in [3.63, 3.8) is 0 Å². The van der Waals surface area contributed by atoms with Crippen LogP contribution in [0.1, 0.15) is 91.6 Å². The van der Waals surface area contributed by atoms with E-state index in [0.29, 0.717) is 48.7 Å². The second-order valence-corrected chi connectivity index (χ2v) is 13.2. The first-order valence-corrected chi connectivity index (χ1v) is 17.0. The van der Waals surface area contributed by atoms with Crippen molar-refractivity contribution in [2.24, 2.45) is 0 Å². The van der Waals surface area contributed by atoms with Gasteiger partial charge in [0.2, 0.25) is 5.91 Å². The smallest absolute Gasteiger partial charge is 0.328 e. The maximum absolute atomic E-state index is 14.1. The average Bonchev–Trinajstić information content (AvgIpc) is 3.29. The summed E-state index contributed by atoms with van der Waals surface area (Å²) in [7, 11) is 0. The summed E-state index contributed by atoms with van der Waals surface area (Å²) in [6.45, 7) is 1.24. The van der Waals surface area contributed by atoms with Gasteiger partial charge >= 0.3 is 5.97 Å². The number of carboxylic acid groups (broad SMARTS) is 1. The third-order valence-electron chi connectivity index (χ3n) is 10.2. The molecule has 2 saturated carbocycles. The van der Waals surface area contributed by atoms with Crippen molar-refractivity contribution >= 4 is 40.4 Å². The van der Waals surface area contributed by atoms with E-state index in [9.17, 15) is 14.4 Å². The number of anilines is 1. The number of aliphatic carboxylic acids is 1. The number of aromatic nitrogens is 1. The number of carbonyl (C=O) groups is 3. The van der Waals surface area contributed by atoms with Crippen molar-refractivity contribution in [1.29, 1.82) is 0 Å². The number of nitrogens with zero attached hydrogens (tertiary/aromatic N) is 1. The number of hydrogen-bond donors (Lipinski definition) is 3. The summed E-state index contributed by atoms with van der Waals surface area (Å²) >= 11 is 0. The first-order valence-electron chi connectivity index (χ1n) is 17.0. The Kier molecular flexibility index (Phi) is 8.58. The molecule has 0 unspecified atom stereocenters. The number of para-hydroxylation sites is 1. The molecule has 4 aromatic rings. The van der Waals surface area contributed by atoms with Crippen molar-refractivity contribution in [2.75, 3.05) is 11.9 Å². The van der Waals surface area contributed by atoms with Crippen LogP contribution < -0.4 is 15.4 Å². The van der Waals surface area contributed by atoms with Crippen LogP contribution in [0, 0.1) is 0 Å². The van der Waals surface area contributed by atoms with Crippen LogP contribution in [0.25, 0.3) is 28.2 Å². The number of fused-ring (bicyclic) bond motifs is 5. The fourth-order valence-corrected chi connectivity index (χ4v) is 7.83. The van der Waals surface area contributed by atoms with Gasteiger partial charge < -0.3 is 25.0 Å². The fourth-order valence-electron chi connectivity index (χ4n) is 7.83. The molecular weight excluding hydrogens is 590 g/mol. The summed E-state index contributed by atoms with van der Waals surface area (Å²) in [5.41, 5.74) is 5.55. The molecule has 1 aliphatic heterocycles. The molecule has 8 heteroatoms. The molecule has 0 radical (unpaired) electrons. The molecule has 8 nitrogen and oxygen atoms in total. The molecule has 0 atom stereocenters. The Labute approximate surface area is 274 Å². The SMILES string of the molecule is O=C(O)/C=C/c1ccc(NC(=O)C2(NC(=O)c3ccc4c(C5CCCCC5)c5n(c4c3)CCOc3ccccc3-5)CCCCC2)cc1. The van der Waals surface area contributed by atoms with Crippen molar-refractivity contribution in [3.05, 3.63) is 89.5 Å². The molecule has 3 N–H and O–H groups in total. The Morgan fingerprint density at radius 2 is 1.64 bits per heavy atom. The van der Waals surface area contributed by atoms with Crippen molar-refractivity contribution in [1.82, 2.24) is 9.88 Å². The van der Waals surface area contributed by atoms with Gasteiger partial charge in [0.25, 0.3) is 5.91 Å².